The average molecular weight is 204 g/mol. The number of aliphatic carboxylic acids is 1. The minimum absolute atomic E-state index is 0.0550. The molecule has 1 aromatic heterocycles. The number of benzene rings is 1. The van der Waals surface area contributed by atoms with Crippen molar-refractivity contribution in [3.05, 3.63) is 35.8 Å². The molecule has 0 saturated carbocycles. The molecule has 0 fully saturated rings. The highest BCUT2D eigenvalue weighted by Gasteiger charge is 2.13. The van der Waals surface area contributed by atoms with Crippen LogP contribution in [0, 0.1) is 0 Å². The minimum Gasteiger partial charge on any atom is -0.481 e. The van der Waals surface area contributed by atoms with Crippen molar-refractivity contribution in [1.29, 1.82) is 0 Å². The summed E-state index contributed by atoms with van der Waals surface area (Å²) in [4.78, 5) is 10.6. The predicted octanol–water partition coefficient (Wildman–Crippen LogP) is 2.62. The van der Waals surface area contributed by atoms with Crippen LogP contribution in [0.1, 0.15) is 18.4 Å². The first-order chi connectivity index (χ1) is 7.22. The van der Waals surface area contributed by atoms with E-state index in [-0.39, 0.29) is 6.42 Å². The quantitative estimate of drug-likeness (QED) is 0.836. The summed E-state index contributed by atoms with van der Waals surface area (Å²) in [5.74, 6) is 0.550. The van der Waals surface area contributed by atoms with E-state index in [0.717, 1.165) is 23.0 Å². The molecule has 0 bridgehead atoms. The average Bonchev–Trinajstić information content (AvgIpc) is 2.56. The topological polar surface area (TPSA) is 50.4 Å². The fourth-order valence-corrected chi connectivity index (χ4v) is 1.76. The molecule has 1 N–H and O–H groups in total. The van der Waals surface area contributed by atoms with E-state index in [2.05, 4.69) is 0 Å². The molecule has 0 aliphatic heterocycles. The molecule has 78 valence electrons. The van der Waals surface area contributed by atoms with Crippen molar-refractivity contribution in [2.75, 3.05) is 0 Å². The number of carboxylic acids is 1. The summed E-state index contributed by atoms with van der Waals surface area (Å²) in [6.45, 7) is 2.00. The maximum atomic E-state index is 10.6. The van der Waals surface area contributed by atoms with Crippen molar-refractivity contribution >= 4 is 16.7 Å². The number of hydrogen-bond donors (Lipinski definition) is 1. The van der Waals surface area contributed by atoms with Crippen LogP contribution in [0.3, 0.4) is 0 Å². The Hall–Kier alpha value is -1.77. The molecular formula is C12H12O3. The summed E-state index contributed by atoms with van der Waals surface area (Å²) in [7, 11) is 0. The summed E-state index contributed by atoms with van der Waals surface area (Å²) in [5, 5.41) is 10.7. The SMILES string of the molecule is CCc1oc(CC(=O)O)c2ccccc12. The third-order valence-corrected chi connectivity index (χ3v) is 2.41. The van der Waals surface area contributed by atoms with Gasteiger partial charge in [0.15, 0.2) is 0 Å². The molecular weight excluding hydrogens is 192 g/mol. The van der Waals surface area contributed by atoms with Crippen LogP contribution in [0.4, 0.5) is 0 Å². The normalized spacial score (nSPS) is 10.7. The Morgan fingerprint density at radius 2 is 1.87 bits per heavy atom. The Balaban J connectivity index is 2.59. The number of furan rings is 1. The van der Waals surface area contributed by atoms with Crippen LogP contribution in [0.5, 0.6) is 0 Å². The Bertz CT molecular complexity index is 497. The Morgan fingerprint density at radius 3 is 2.40 bits per heavy atom. The number of carboxylic acid groups (broad SMARTS) is 1. The number of fused-ring (bicyclic) bond motifs is 1. The Morgan fingerprint density at radius 1 is 1.27 bits per heavy atom. The number of carbonyl (C=O) groups is 1. The van der Waals surface area contributed by atoms with Crippen molar-refractivity contribution < 1.29 is 14.3 Å². The molecule has 2 rings (SSSR count). The third kappa shape index (κ3) is 1.73. The van der Waals surface area contributed by atoms with Gasteiger partial charge in [-0.2, -0.15) is 0 Å². The van der Waals surface area contributed by atoms with Crippen LogP contribution in [0.15, 0.2) is 28.7 Å². The van der Waals surface area contributed by atoms with E-state index in [0.29, 0.717) is 5.76 Å². The van der Waals surface area contributed by atoms with Crippen LogP contribution >= 0.6 is 0 Å². The van der Waals surface area contributed by atoms with E-state index in [4.69, 9.17) is 9.52 Å². The highest BCUT2D eigenvalue weighted by molar-refractivity contribution is 5.89. The van der Waals surface area contributed by atoms with Crippen LogP contribution in [0.25, 0.3) is 10.8 Å². The van der Waals surface area contributed by atoms with Crippen LogP contribution in [-0.2, 0) is 17.6 Å². The molecule has 3 heteroatoms. The van der Waals surface area contributed by atoms with Crippen LogP contribution < -0.4 is 0 Å². The van der Waals surface area contributed by atoms with E-state index in [1.54, 1.807) is 0 Å². The lowest BCUT2D eigenvalue weighted by Crippen LogP contribution is -1.98. The van der Waals surface area contributed by atoms with E-state index in [1.165, 1.54) is 0 Å². The minimum atomic E-state index is -0.864. The van der Waals surface area contributed by atoms with Crippen molar-refractivity contribution in [2.45, 2.75) is 19.8 Å². The maximum absolute atomic E-state index is 10.6. The van der Waals surface area contributed by atoms with Gasteiger partial charge in [0.05, 0.1) is 0 Å². The molecule has 0 amide bonds. The Labute approximate surface area is 87.3 Å². The molecule has 2 aromatic rings. The third-order valence-electron chi connectivity index (χ3n) is 2.41. The van der Waals surface area contributed by atoms with Gasteiger partial charge < -0.3 is 9.52 Å². The van der Waals surface area contributed by atoms with E-state index in [9.17, 15) is 4.79 Å². The second kappa shape index (κ2) is 3.77. The molecule has 0 aliphatic carbocycles. The van der Waals surface area contributed by atoms with Crippen molar-refractivity contribution in [2.24, 2.45) is 0 Å². The molecule has 0 saturated heterocycles. The summed E-state index contributed by atoms with van der Waals surface area (Å²) in [6, 6.07) is 7.68. The van der Waals surface area contributed by atoms with Gasteiger partial charge in [-0.15, -0.1) is 0 Å². The lowest BCUT2D eigenvalue weighted by molar-refractivity contribution is -0.136. The monoisotopic (exact) mass is 204 g/mol. The van der Waals surface area contributed by atoms with Crippen molar-refractivity contribution in [1.82, 2.24) is 0 Å². The van der Waals surface area contributed by atoms with Gasteiger partial charge in [-0.05, 0) is 0 Å². The molecule has 15 heavy (non-hydrogen) atoms. The van der Waals surface area contributed by atoms with E-state index >= 15 is 0 Å². The van der Waals surface area contributed by atoms with Gasteiger partial charge in [-0.1, -0.05) is 31.2 Å². The molecule has 3 nitrogen and oxygen atoms in total. The van der Waals surface area contributed by atoms with E-state index < -0.39 is 5.97 Å². The highest BCUT2D eigenvalue weighted by atomic mass is 16.4. The van der Waals surface area contributed by atoms with Crippen LogP contribution in [0.2, 0.25) is 0 Å². The number of hydrogen-bond acceptors (Lipinski definition) is 2. The van der Waals surface area contributed by atoms with Gasteiger partial charge in [-0.25, -0.2) is 0 Å². The van der Waals surface area contributed by atoms with Gasteiger partial charge in [0.2, 0.25) is 0 Å². The summed E-state index contributed by atoms with van der Waals surface area (Å²) < 4.78 is 5.54. The zero-order chi connectivity index (χ0) is 10.8. The number of aryl methyl sites for hydroxylation is 1. The standard InChI is InChI=1S/C12H12O3/c1-2-10-8-5-3-4-6-9(8)11(15-10)7-12(13)14/h3-6H,2,7H2,1H3,(H,13,14). The molecule has 0 spiro atoms. The zero-order valence-electron chi connectivity index (χ0n) is 8.49. The first-order valence-corrected chi connectivity index (χ1v) is 4.93. The van der Waals surface area contributed by atoms with Gasteiger partial charge in [0.1, 0.15) is 17.9 Å². The van der Waals surface area contributed by atoms with E-state index in [1.807, 2.05) is 31.2 Å². The lowest BCUT2D eigenvalue weighted by Gasteiger charge is -1.91. The molecule has 0 radical (unpaired) electrons. The molecule has 0 atom stereocenters. The molecule has 0 unspecified atom stereocenters. The Kier molecular flexibility index (Phi) is 2.46. The molecule has 1 aromatic carbocycles. The van der Waals surface area contributed by atoms with Gasteiger partial charge in [0, 0.05) is 17.2 Å². The first kappa shape index (κ1) is 9.77. The van der Waals surface area contributed by atoms with Gasteiger partial charge >= 0.3 is 5.97 Å². The van der Waals surface area contributed by atoms with Crippen molar-refractivity contribution in [3.63, 3.8) is 0 Å². The van der Waals surface area contributed by atoms with Crippen molar-refractivity contribution in [3.8, 4) is 0 Å². The summed E-state index contributed by atoms with van der Waals surface area (Å²) >= 11 is 0. The predicted molar refractivity (Wildman–Crippen MR) is 56.9 cm³/mol. The molecule has 1 heterocycles. The number of rotatable bonds is 3. The first-order valence-electron chi connectivity index (χ1n) is 4.93. The summed E-state index contributed by atoms with van der Waals surface area (Å²) in [5.41, 5.74) is 0. The van der Waals surface area contributed by atoms with Gasteiger partial charge in [-0.3, -0.25) is 4.79 Å². The lowest BCUT2D eigenvalue weighted by atomic mass is 10.1. The second-order valence-corrected chi connectivity index (χ2v) is 3.42. The summed E-state index contributed by atoms with van der Waals surface area (Å²) in [6.07, 6.45) is 0.723. The fourth-order valence-electron chi connectivity index (χ4n) is 1.76. The molecule has 0 aliphatic rings. The highest BCUT2D eigenvalue weighted by Crippen LogP contribution is 2.26. The smallest absolute Gasteiger partial charge is 0.311 e. The second-order valence-electron chi connectivity index (χ2n) is 3.42. The van der Waals surface area contributed by atoms with Crippen LogP contribution in [-0.4, -0.2) is 11.1 Å². The largest absolute Gasteiger partial charge is 0.481 e. The van der Waals surface area contributed by atoms with Gasteiger partial charge in [0.25, 0.3) is 0 Å². The maximum Gasteiger partial charge on any atom is 0.311 e. The fraction of sp³-hybridized carbons (Fsp3) is 0.250. The zero-order valence-corrected chi connectivity index (χ0v) is 8.49.